The Morgan fingerprint density at radius 2 is 1.91 bits per heavy atom. The Morgan fingerprint density at radius 1 is 1.21 bits per heavy atom. The largest absolute Gasteiger partial charge is 0.465 e. The molecule has 1 aliphatic carbocycles. The molecular weight excluding hydrogens is 446 g/mol. The van der Waals surface area contributed by atoms with Crippen LogP contribution < -0.4 is 9.80 Å². The van der Waals surface area contributed by atoms with Crippen LogP contribution in [0, 0.1) is 0 Å². The maximum Gasteiger partial charge on any atom is 0.412 e. The first-order valence-corrected chi connectivity index (χ1v) is 15.5. The zero-order chi connectivity index (χ0) is 24.9. The van der Waals surface area contributed by atoms with Crippen molar-refractivity contribution in [3.63, 3.8) is 0 Å². The van der Waals surface area contributed by atoms with Crippen molar-refractivity contribution in [3.05, 3.63) is 53.2 Å². The molecule has 8 heteroatoms. The maximum atomic E-state index is 13.8. The van der Waals surface area contributed by atoms with Crippen molar-refractivity contribution in [3.8, 4) is 0 Å². The summed E-state index contributed by atoms with van der Waals surface area (Å²) in [7, 11) is -1.22. The first-order valence-electron chi connectivity index (χ1n) is 11.8. The maximum absolute atomic E-state index is 13.8. The third kappa shape index (κ3) is 4.36. The fraction of sp³-hybridized carbons (Fsp3) is 0.500. The summed E-state index contributed by atoms with van der Waals surface area (Å²) in [6.45, 7) is 13.4. The third-order valence-corrected chi connectivity index (χ3v) is 8.43. The quantitative estimate of drug-likeness (QED) is 0.461. The van der Waals surface area contributed by atoms with E-state index in [1.165, 1.54) is 4.90 Å². The Morgan fingerprint density at radius 3 is 2.56 bits per heavy atom. The van der Waals surface area contributed by atoms with Gasteiger partial charge in [-0.25, -0.2) is 9.78 Å². The second-order valence-electron chi connectivity index (χ2n) is 11.6. The lowest BCUT2D eigenvalue weighted by molar-refractivity contribution is -0.124. The Hall–Kier alpha value is -2.71. The van der Waals surface area contributed by atoms with Crippen LogP contribution in [-0.4, -0.2) is 49.0 Å². The molecule has 0 fully saturated rings. The van der Waals surface area contributed by atoms with Gasteiger partial charge in [-0.1, -0.05) is 31.8 Å². The van der Waals surface area contributed by atoms with Crippen molar-refractivity contribution in [2.24, 2.45) is 0 Å². The lowest BCUT2D eigenvalue weighted by Crippen LogP contribution is -2.45. The lowest BCUT2D eigenvalue weighted by Gasteiger charge is -2.33. The molecule has 1 N–H and O–H groups in total. The van der Waals surface area contributed by atoms with E-state index in [9.17, 15) is 14.7 Å². The van der Waals surface area contributed by atoms with Crippen LogP contribution in [0.25, 0.3) is 0 Å². The molecule has 182 valence electrons. The van der Waals surface area contributed by atoms with Gasteiger partial charge in [0, 0.05) is 37.7 Å². The average molecular weight is 482 g/mol. The van der Waals surface area contributed by atoms with Crippen molar-refractivity contribution in [1.29, 1.82) is 0 Å². The first kappa shape index (κ1) is 24.4. The zero-order valence-electron chi connectivity index (χ0n) is 21.0. The molecule has 1 aromatic carbocycles. The number of nitrogens with zero attached hydrogens (tertiary/aromatic N) is 3. The predicted molar refractivity (Wildman–Crippen MR) is 136 cm³/mol. The van der Waals surface area contributed by atoms with Crippen molar-refractivity contribution in [1.82, 2.24) is 4.98 Å². The van der Waals surface area contributed by atoms with Crippen molar-refractivity contribution < 1.29 is 19.4 Å². The highest BCUT2D eigenvalue weighted by Gasteiger charge is 2.54. The van der Waals surface area contributed by atoms with Crippen LogP contribution in [0.5, 0.6) is 0 Å². The zero-order valence-corrected chi connectivity index (χ0v) is 22.0. The third-order valence-electron chi connectivity index (χ3n) is 6.72. The highest BCUT2D eigenvalue weighted by atomic mass is 28.3. The Bertz CT molecular complexity index is 1120. The minimum atomic E-state index is -1.22. The van der Waals surface area contributed by atoms with E-state index in [0.717, 1.165) is 22.7 Å². The SMILES string of the molecule is CC(C)(C)N(C(=O)O)c1ccc2c(c1)CC1(C2)C(=O)N(COCC[Si](C)(C)C)c2ncccc21. The molecule has 0 bridgehead atoms. The molecule has 2 heterocycles. The summed E-state index contributed by atoms with van der Waals surface area (Å²) in [6.07, 6.45) is 1.83. The molecule has 0 saturated heterocycles. The number of aromatic nitrogens is 1. The number of carboxylic acid groups (broad SMARTS) is 1. The number of amides is 2. The van der Waals surface area contributed by atoms with E-state index in [-0.39, 0.29) is 12.6 Å². The number of fused-ring (bicyclic) bond motifs is 3. The highest BCUT2D eigenvalue weighted by Crippen LogP contribution is 2.49. The summed E-state index contributed by atoms with van der Waals surface area (Å²) in [5.74, 6) is 0.688. The van der Waals surface area contributed by atoms with Crippen LogP contribution in [0.2, 0.25) is 25.7 Å². The van der Waals surface area contributed by atoms with Gasteiger partial charge >= 0.3 is 6.09 Å². The van der Waals surface area contributed by atoms with Gasteiger partial charge in [-0.05, 0) is 69.0 Å². The summed E-state index contributed by atoms with van der Waals surface area (Å²) in [5, 5.41) is 9.82. The number of anilines is 2. The molecule has 7 nitrogen and oxygen atoms in total. The van der Waals surface area contributed by atoms with Gasteiger partial charge in [0.15, 0.2) is 0 Å². The number of carbonyl (C=O) groups excluding carboxylic acids is 1. The molecule has 1 unspecified atom stereocenters. The van der Waals surface area contributed by atoms with Gasteiger partial charge in [0.1, 0.15) is 12.5 Å². The first-order chi connectivity index (χ1) is 15.8. The van der Waals surface area contributed by atoms with Gasteiger partial charge in [-0.3, -0.25) is 14.6 Å². The van der Waals surface area contributed by atoms with E-state index in [4.69, 9.17) is 4.74 Å². The molecular formula is C26H35N3O4Si. The van der Waals surface area contributed by atoms with Crippen LogP contribution in [0.4, 0.5) is 16.3 Å². The second kappa shape index (κ2) is 8.50. The molecule has 1 aromatic heterocycles. The van der Waals surface area contributed by atoms with E-state index in [1.54, 1.807) is 11.1 Å². The molecule has 2 aliphatic rings. The minimum Gasteiger partial charge on any atom is -0.465 e. The number of rotatable bonds is 6. The topological polar surface area (TPSA) is 83.0 Å². The number of hydrogen-bond donors (Lipinski definition) is 1. The predicted octanol–water partition coefficient (Wildman–Crippen LogP) is 5.06. The number of carbonyl (C=O) groups is 2. The van der Waals surface area contributed by atoms with E-state index >= 15 is 0 Å². The Kier molecular flexibility index (Phi) is 6.10. The molecule has 2 aromatic rings. The molecule has 2 amide bonds. The van der Waals surface area contributed by atoms with Gasteiger partial charge in [0.2, 0.25) is 5.91 Å². The second-order valence-corrected chi connectivity index (χ2v) is 17.3. The molecule has 34 heavy (non-hydrogen) atoms. The van der Waals surface area contributed by atoms with E-state index in [1.807, 2.05) is 51.1 Å². The van der Waals surface area contributed by atoms with Crippen LogP contribution in [-0.2, 0) is 27.8 Å². The summed E-state index contributed by atoms with van der Waals surface area (Å²) < 4.78 is 5.94. The van der Waals surface area contributed by atoms with Gasteiger partial charge in [0.25, 0.3) is 0 Å². The Balaban J connectivity index is 1.62. The van der Waals surface area contributed by atoms with Gasteiger partial charge in [-0.2, -0.15) is 0 Å². The van der Waals surface area contributed by atoms with E-state index in [0.29, 0.717) is 31.0 Å². The van der Waals surface area contributed by atoms with Crippen molar-refractivity contribution >= 4 is 31.6 Å². The summed E-state index contributed by atoms with van der Waals surface area (Å²) in [4.78, 5) is 33.4. The number of benzene rings is 1. The normalized spacial score (nSPS) is 19.5. The summed E-state index contributed by atoms with van der Waals surface area (Å²) in [6, 6.07) is 10.7. The molecule has 4 rings (SSSR count). The number of ether oxygens (including phenoxy) is 1. The van der Waals surface area contributed by atoms with Crippen molar-refractivity contribution in [2.45, 2.75) is 70.3 Å². The average Bonchev–Trinajstić information content (AvgIpc) is 3.20. The highest BCUT2D eigenvalue weighted by molar-refractivity contribution is 6.76. The fourth-order valence-corrected chi connectivity index (χ4v) is 5.79. The molecule has 1 atom stereocenters. The standard InChI is InChI=1S/C26H35N3O4Si/c1-25(2,3)29(24(31)32)20-10-9-18-15-26(16-19(18)14-20)21-8-7-11-27-22(21)28(23(26)30)17-33-12-13-34(4,5)6/h7-11,14H,12-13,15-17H2,1-6H3,(H,31,32). The van der Waals surface area contributed by atoms with Crippen LogP contribution in [0.15, 0.2) is 36.5 Å². The number of hydrogen-bond acceptors (Lipinski definition) is 4. The molecule has 1 aliphatic heterocycles. The van der Waals surface area contributed by atoms with E-state index < -0.39 is 25.1 Å². The molecule has 0 radical (unpaired) electrons. The van der Waals surface area contributed by atoms with Crippen molar-refractivity contribution in [2.75, 3.05) is 23.1 Å². The Labute approximate surface area is 202 Å². The minimum absolute atomic E-state index is 0.0119. The molecule has 0 saturated carbocycles. The smallest absolute Gasteiger partial charge is 0.412 e. The van der Waals surface area contributed by atoms with Crippen LogP contribution in [0.1, 0.15) is 37.5 Å². The van der Waals surface area contributed by atoms with Gasteiger partial charge < -0.3 is 9.84 Å². The fourth-order valence-electron chi connectivity index (χ4n) is 5.04. The monoisotopic (exact) mass is 481 g/mol. The van der Waals surface area contributed by atoms with Gasteiger partial charge in [-0.15, -0.1) is 0 Å². The van der Waals surface area contributed by atoms with E-state index in [2.05, 4.69) is 24.6 Å². The lowest BCUT2D eigenvalue weighted by atomic mass is 9.79. The summed E-state index contributed by atoms with van der Waals surface area (Å²) >= 11 is 0. The molecule has 1 spiro atoms. The van der Waals surface area contributed by atoms with Gasteiger partial charge in [0.05, 0.1) is 5.41 Å². The van der Waals surface area contributed by atoms with Crippen LogP contribution in [0.3, 0.4) is 0 Å². The number of pyridine rings is 1. The van der Waals surface area contributed by atoms with Crippen LogP contribution >= 0.6 is 0 Å². The summed E-state index contributed by atoms with van der Waals surface area (Å²) in [5.41, 5.74) is 2.34.